The average molecular weight is 354 g/mol. The number of ether oxygens (including phenoxy) is 1. The summed E-state index contributed by atoms with van der Waals surface area (Å²) in [6.07, 6.45) is 6.81. The van der Waals surface area contributed by atoms with Crippen LogP contribution in [0.25, 0.3) is 11.3 Å². The van der Waals surface area contributed by atoms with Crippen molar-refractivity contribution >= 4 is 5.69 Å². The van der Waals surface area contributed by atoms with Crippen LogP contribution in [-0.2, 0) is 0 Å². The van der Waals surface area contributed by atoms with E-state index in [1.165, 1.54) is 12.8 Å². The third kappa shape index (κ3) is 4.94. The molecule has 1 fully saturated rings. The highest BCUT2D eigenvalue weighted by atomic mass is 16.5. The van der Waals surface area contributed by atoms with Crippen molar-refractivity contribution in [2.45, 2.75) is 58.5 Å². The van der Waals surface area contributed by atoms with Gasteiger partial charge in [0.1, 0.15) is 18.7 Å². The maximum atomic E-state index is 6.36. The molecule has 0 spiro atoms. The van der Waals surface area contributed by atoms with Gasteiger partial charge in [-0.05, 0) is 62.8 Å². The molecule has 5 nitrogen and oxygen atoms in total. The first-order valence-electron chi connectivity index (χ1n) is 9.43. The number of hydrogen-bond donors (Lipinski definition) is 2. The highest BCUT2D eigenvalue weighted by molar-refractivity contribution is 5.74. The smallest absolute Gasteiger partial charge is 0.122 e. The Morgan fingerprint density at radius 2 is 2.12 bits per heavy atom. The lowest BCUT2D eigenvalue weighted by Crippen LogP contribution is -2.43. The number of nitrogens with one attached hydrogen (secondary N) is 1. The molecule has 0 amide bonds. The second-order valence-corrected chi connectivity index (χ2v) is 8.22. The highest BCUT2D eigenvalue weighted by Crippen LogP contribution is 2.32. The molecule has 1 heterocycles. The van der Waals surface area contributed by atoms with Gasteiger partial charge in [-0.15, -0.1) is 0 Å². The van der Waals surface area contributed by atoms with E-state index in [-0.39, 0.29) is 5.54 Å². The largest absolute Gasteiger partial charge is 0.491 e. The van der Waals surface area contributed by atoms with E-state index in [1.54, 1.807) is 6.33 Å². The summed E-state index contributed by atoms with van der Waals surface area (Å²) in [5.41, 5.74) is 10.1. The minimum Gasteiger partial charge on any atom is -0.491 e. The van der Waals surface area contributed by atoms with Crippen LogP contribution in [-0.4, -0.2) is 28.2 Å². The molecule has 26 heavy (non-hydrogen) atoms. The maximum Gasteiger partial charge on any atom is 0.122 e. The van der Waals surface area contributed by atoms with E-state index in [0.717, 1.165) is 34.7 Å². The molecule has 1 saturated carbocycles. The van der Waals surface area contributed by atoms with Crippen molar-refractivity contribution in [3.63, 3.8) is 0 Å². The van der Waals surface area contributed by atoms with Crippen molar-refractivity contribution in [2.75, 3.05) is 11.9 Å². The molecule has 0 radical (unpaired) electrons. The molecular formula is C21H30N4O. The molecule has 2 aromatic rings. The number of rotatable bonds is 8. The molecule has 0 saturated heterocycles. The summed E-state index contributed by atoms with van der Waals surface area (Å²) in [5.74, 6) is 1.42. The summed E-state index contributed by atoms with van der Waals surface area (Å²) < 4.78 is 6.02. The lowest BCUT2D eigenvalue weighted by atomic mass is 9.93. The monoisotopic (exact) mass is 354 g/mol. The minimum absolute atomic E-state index is 0.326. The fourth-order valence-corrected chi connectivity index (χ4v) is 3.31. The normalized spacial score (nSPS) is 16.4. The van der Waals surface area contributed by atoms with Crippen LogP contribution in [0.1, 0.15) is 45.6 Å². The molecule has 3 N–H and O–H groups in total. The Morgan fingerprint density at radius 1 is 1.35 bits per heavy atom. The fourth-order valence-electron chi connectivity index (χ4n) is 3.31. The summed E-state index contributed by atoms with van der Waals surface area (Å²) >= 11 is 0. The number of aryl methyl sites for hydroxylation is 1. The molecule has 0 aliphatic heterocycles. The number of aromatic nitrogens is 2. The molecule has 140 valence electrons. The zero-order chi connectivity index (χ0) is 18.7. The fraction of sp³-hybridized carbons (Fsp3) is 0.524. The van der Waals surface area contributed by atoms with Gasteiger partial charge in [0, 0.05) is 17.1 Å². The lowest BCUT2D eigenvalue weighted by Gasteiger charge is -2.27. The predicted octanol–water partition coefficient (Wildman–Crippen LogP) is 4.17. The summed E-state index contributed by atoms with van der Waals surface area (Å²) in [4.78, 5) is 8.64. The number of hydrogen-bond acceptors (Lipinski definition) is 5. The molecule has 1 atom stereocenters. The summed E-state index contributed by atoms with van der Waals surface area (Å²) in [7, 11) is 0. The summed E-state index contributed by atoms with van der Waals surface area (Å²) in [5, 5.41) is 3.51. The summed E-state index contributed by atoms with van der Waals surface area (Å²) in [6.45, 7) is 8.98. The minimum atomic E-state index is -0.326. The van der Waals surface area contributed by atoms with Gasteiger partial charge in [0.15, 0.2) is 0 Å². The van der Waals surface area contributed by atoms with E-state index in [0.29, 0.717) is 18.6 Å². The number of nitrogens with two attached hydrogens (primary N) is 1. The Kier molecular flexibility index (Phi) is 5.47. The van der Waals surface area contributed by atoms with Crippen LogP contribution in [0.3, 0.4) is 0 Å². The van der Waals surface area contributed by atoms with Crippen LogP contribution in [0, 0.1) is 12.8 Å². The van der Waals surface area contributed by atoms with Gasteiger partial charge in [0.05, 0.1) is 17.6 Å². The molecule has 1 aromatic heterocycles. The number of nitrogens with zero attached hydrogens (tertiary/aromatic N) is 2. The van der Waals surface area contributed by atoms with Gasteiger partial charge in [0.25, 0.3) is 0 Å². The molecule has 5 heteroatoms. The van der Waals surface area contributed by atoms with Crippen LogP contribution in [0.15, 0.2) is 30.7 Å². The van der Waals surface area contributed by atoms with Crippen molar-refractivity contribution in [1.29, 1.82) is 0 Å². The van der Waals surface area contributed by atoms with Crippen LogP contribution in [0.5, 0.6) is 5.75 Å². The number of benzene rings is 1. The molecule has 1 aliphatic carbocycles. The van der Waals surface area contributed by atoms with E-state index < -0.39 is 0 Å². The van der Waals surface area contributed by atoms with Gasteiger partial charge in [-0.3, -0.25) is 0 Å². The van der Waals surface area contributed by atoms with E-state index in [4.69, 9.17) is 10.5 Å². The van der Waals surface area contributed by atoms with Gasteiger partial charge in [-0.25, -0.2) is 9.97 Å². The highest BCUT2D eigenvalue weighted by Gasteiger charge is 2.23. The zero-order valence-electron chi connectivity index (χ0n) is 16.2. The molecule has 1 aromatic carbocycles. The quantitative estimate of drug-likeness (QED) is 0.744. The Bertz CT molecular complexity index is 753. The SMILES string of the molecule is Cc1cc(-c2ncncc2NC2CC2)ccc1OCC(C)(N)CC(C)C. The topological polar surface area (TPSA) is 73.1 Å². The van der Waals surface area contributed by atoms with Crippen LogP contribution in [0.4, 0.5) is 5.69 Å². The van der Waals surface area contributed by atoms with Gasteiger partial charge in [-0.2, -0.15) is 0 Å². The first kappa shape index (κ1) is 18.6. The van der Waals surface area contributed by atoms with E-state index >= 15 is 0 Å². The maximum absolute atomic E-state index is 6.36. The standard InChI is InChI=1S/C21H30N4O/c1-14(2)10-21(4,22)12-26-19-8-5-16(9-15(19)3)20-18(11-23-13-24-20)25-17-6-7-17/h5,8-9,11,13-14,17,25H,6-7,10,12,22H2,1-4H3. The van der Waals surface area contributed by atoms with Crippen molar-refractivity contribution in [3.05, 3.63) is 36.3 Å². The van der Waals surface area contributed by atoms with E-state index in [1.807, 2.05) is 19.2 Å². The van der Waals surface area contributed by atoms with Gasteiger partial charge in [0.2, 0.25) is 0 Å². The van der Waals surface area contributed by atoms with E-state index in [2.05, 4.69) is 48.2 Å². The van der Waals surface area contributed by atoms with Crippen molar-refractivity contribution in [3.8, 4) is 17.0 Å². The van der Waals surface area contributed by atoms with Crippen LogP contribution >= 0.6 is 0 Å². The van der Waals surface area contributed by atoms with Gasteiger partial charge >= 0.3 is 0 Å². The zero-order valence-corrected chi connectivity index (χ0v) is 16.2. The average Bonchev–Trinajstić information content (AvgIpc) is 3.37. The summed E-state index contributed by atoms with van der Waals surface area (Å²) in [6, 6.07) is 6.75. The van der Waals surface area contributed by atoms with Crippen LogP contribution in [0.2, 0.25) is 0 Å². The van der Waals surface area contributed by atoms with Gasteiger partial charge < -0.3 is 15.8 Å². The van der Waals surface area contributed by atoms with Crippen molar-refractivity contribution < 1.29 is 4.74 Å². The molecule has 1 unspecified atom stereocenters. The van der Waals surface area contributed by atoms with Crippen molar-refractivity contribution in [1.82, 2.24) is 9.97 Å². The van der Waals surface area contributed by atoms with E-state index in [9.17, 15) is 0 Å². The first-order valence-corrected chi connectivity index (χ1v) is 9.43. The Balaban J connectivity index is 1.74. The van der Waals surface area contributed by atoms with Crippen molar-refractivity contribution in [2.24, 2.45) is 11.7 Å². The Labute approximate surface area is 156 Å². The molecule has 3 rings (SSSR count). The Hall–Kier alpha value is -2.14. The van der Waals surface area contributed by atoms with Crippen LogP contribution < -0.4 is 15.8 Å². The lowest BCUT2D eigenvalue weighted by molar-refractivity contribution is 0.206. The molecule has 0 bridgehead atoms. The predicted molar refractivity (Wildman–Crippen MR) is 106 cm³/mol. The third-order valence-electron chi connectivity index (χ3n) is 4.53. The second-order valence-electron chi connectivity index (χ2n) is 8.22. The molecular weight excluding hydrogens is 324 g/mol. The third-order valence-corrected chi connectivity index (χ3v) is 4.53. The Morgan fingerprint density at radius 3 is 2.77 bits per heavy atom. The number of anilines is 1. The second kappa shape index (κ2) is 7.62. The van der Waals surface area contributed by atoms with Gasteiger partial charge in [-0.1, -0.05) is 13.8 Å². The first-order chi connectivity index (χ1) is 12.3. The molecule has 1 aliphatic rings.